The average Bonchev–Trinajstić information content (AvgIpc) is 2.98. The second-order valence-corrected chi connectivity index (χ2v) is 8.75. The molecule has 0 aromatic heterocycles. The SMILES string of the molecule is O=C1SC(=Cc2ccc(Cl)cc2)C(=O)N1CN1CCN(c2cccc(Cl)c2)CC1. The van der Waals surface area contributed by atoms with Crippen LogP contribution in [0, 0.1) is 0 Å². The Labute approximate surface area is 183 Å². The Morgan fingerprint density at radius 3 is 2.34 bits per heavy atom. The molecule has 2 aromatic carbocycles. The lowest BCUT2D eigenvalue weighted by Crippen LogP contribution is -2.50. The number of piperazine rings is 1. The molecule has 0 radical (unpaired) electrons. The van der Waals surface area contributed by atoms with Crippen LogP contribution in [0.15, 0.2) is 53.4 Å². The first-order valence-electron chi connectivity index (χ1n) is 9.23. The van der Waals surface area contributed by atoms with Crippen LogP contribution in [0.3, 0.4) is 0 Å². The zero-order chi connectivity index (χ0) is 20.4. The van der Waals surface area contributed by atoms with Crippen LogP contribution in [0.4, 0.5) is 10.5 Å². The molecule has 150 valence electrons. The van der Waals surface area contributed by atoms with Crippen LogP contribution < -0.4 is 4.90 Å². The van der Waals surface area contributed by atoms with E-state index in [1.807, 2.05) is 36.4 Å². The summed E-state index contributed by atoms with van der Waals surface area (Å²) in [7, 11) is 0. The normalized spacial score (nSPS) is 19.4. The number of imide groups is 1. The molecule has 2 saturated heterocycles. The van der Waals surface area contributed by atoms with E-state index in [1.165, 1.54) is 4.90 Å². The third kappa shape index (κ3) is 4.78. The van der Waals surface area contributed by atoms with Crippen molar-refractivity contribution in [3.05, 3.63) is 69.0 Å². The van der Waals surface area contributed by atoms with Crippen molar-refractivity contribution in [2.75, 3.05) is 37.7 Å². The maximum Gasteiger partial charge on any atom is 0.294 e. The molecular weight excluding hydrogens is 429 g/mol. The summed E-state index contributed by atoms with van der Waals surface area (Å²) in [6.45, 7) is 3.48. The van der Waals surface area contributed by atoms with Crippen molar-refractivity contribution in [2.45, 2.75) is 0 Å². The average molecular weight is 448 g/mol. The molecule has 2 fully saturated rings. The van der Waals surface area contributed by atoms with Gasteiger partial charge < -0.3 is 4.90 Å². The molecule has 2 amide bonds. The van der Waals surface area contributed by atoms with Gasteiger partial charge in [0.1, 0.15) is 0 Å². The summed E-state index contributed by atoms with van der Waals surface area (Å²) in [5, 5.41) is 1.12. The number of thioether (sulfide) groups is 1. The van der Waals surface area contributed by atoms with Gasteiger partial charge in [0.15, 0.2) is 0 Å². The number of nitrogens with zero attached hydrogens (tertiary/aromatic N) is 3. The Hall–Kier alpha value is -1.99. The molecule has 4 rings (SSSR count). The molecule has 0 saturated carbocycles. The molecule has 8 heteroatoms. The van der Waals surface area contributed by atoms with Gasteiger partial charge in [-0.2, -0.15) is 0 Å². The summed E-state index contributed by atoms with van der Waals surface area (Å²) in [5.41, 5.74) is 1.93. The first-order chi connectivity index (χ1) is 14.0. The molecule has 2 aliphatic heterocycles. The monoisotopic (exact) mass is 447 g/mol. The molecular formula is C21H19Cl2N3O2S. The van der Waals surface area contributed by atoms with Crippen LogP contribution in [0.25, 0.3) is 6.08 Å². The first-order valence-corrected chi connectivity index (χ1v) is 10.8. The fraction of sp³-hybridized carbons (Fsp3) is 0.238. The molecule has 5 nitrogen and oxygen atoms in total. The van der Waals surface area contributed by atoms with Gasteiger partial charge in [-0.25, -0.2) is 0 Å². The number of hydrogen-bond donors (Lipinski definition) is 0. The predicted octanol–water partition coefficient (Wildman–Crippen LogP) is 4.81. The van der Waals surface area contributed by atoms with Crippen LogP contribution in [-0.2, 0) is 4.79 Å². The van der Waals surface area contributed by atoms with Crippen molar-refractivity contribution in [1.82, 2.24) is 9.80 Å². The third-order valence-corrected chi connectivity index (χ3v) is 6.32. The minimum Gasteiger partial charge on any atom is -0.369 e. The molecule has 0 aliphatic carbocycles. The van der Waals surface area contributed by atoms with Gasteiger partial charge in [0.2, 0.25) is 0 Å². The Kier molecular flexibility index (Phi) is 6.15. The number of rotatable bonds is 4. The smallest absolute Gasteiger partial charge is 0.294 e. The molecule has 0 atom stereocenters. The van der Waals surface area contributed by atoms with Crippen LogP contribution in [0.5, 0.6) is 0 Å². The maximum absolute atomic E-state index is 12.7. The minimum absolute atomic E-state index is 0.229. The second kappa shape index (κ2) is 8.79. The fourth-order valence-corrected chi connectivity index (χ4v) is 4.49. The molecule has 2 heterocycles. The van der Waals surface area contributed by atoms with Crippen LogP contribution in [0.1, 0.15) is 5.56 Å². The Bertz CT molecular complexity index is 957. The lowest BCUT2D eigenvalue weighted by atomic mass is 10.2. The molecule has 0 spiro atoms. The highest BCUT2D eigenvalue weighted by Crippen LogP contribution is 2.32. The van der Waals surface area contributed by atoms with Crippen molar-refractivity contribution in [1.29, 1.82) is 0 Å². The van der Waals surface area contributed by atoms with Crippen molar-refractivity contribution in [3.63, 3.8) is 0 Å². The van der Waals surface area contributed by atoms with Crippen LogP contribution in [-0.4, -0.2) is 53.8 Å². The van der Waals surface area contributed by atoms with E-state index < -0.39 is 0 Å². The molecule has 29 heavy (non-hydrogen) atoms. The number of anilines is 1. The van der Waals surface area contributed by atoms with Gasteiger partial charge in [-0.3, -0.25) is 19.4 Å². The number of benzene rings is 2. The van der Waals surface area contributed by atoms with Crippen molar-refractivity contribution in [2.24, 2.45) is 0 Å². The Balaban J connectivity index is 1.37. The van der Waals surface area contributed by atoms with Gasteiger partial charge in [-0.15, -0.1) is 0 Å². The topological polar surface area (TPSA) is 43.9 Å². The Morgan fingerprint density at radius 2 is 1.66 bits per heavy atom. The zero-order valence-electron chi connectivity index (χ0n) is 15.6. The first kappa shape index (κ1) is 20.3. The summed E-state index contributed by atoms with van der Waals surface area (Å²) in [6.07, 6.45) is 1.73. The van der Waals surface area contributed by atoms with E-state index >= 15 is 0 Å². The van der Waals surface area contributed by atoms with Crippen molar-refractivity contribution >= 4 is 57.9 Å². The highest BCUT2D eigenvalue weighted by molar-refractivity contribution is 8.18. The number of carbonyl (C=O) groups is 2. The van der Waals surface area contributed by atoms with Crippen molar-refractivity contribution in [3.8, 4) is 0 Å². The Morgan fingerprint density at radius 1 is 0.931 bits per heavy atom. The molecule has 2 aromatic rings. The van der Waals surface area contributed by atoms with E-state index in [9.17, 15) is 9.59 Å². The zero-order valence-corrected chi connectivity index (χ0v) is 17.9. The summed E-state index contributed by atoms with van der Waals surface area (Å²) in [4.78, 5) is 31.3. The lowest BCUT2D eigenvalue weighted by Gasteiger charge is -2.37. The predicted molar refractivity (Wildman–Crippen MR) is 119 cm³/mol. The number of carbonyl (C=O) groups excluding carboxylic acids is 2. The summed E-state index contributed by atoms with van der Waals surface area (Å²) in [5.74, 6) is -0.243. The molecule has 0 N–H and O–H groups in total. The van der Waals surface area contributed by atoms with Crippen molar-refractivity contribution < 1.29 is 9.59 Å². The van der Waals surface area contributed by atoms with E-state index in [4.69, 9.17) is 23.2 Å². The summed E-state index contributed by atoms with van der Waals surface area (Å²) in [6, 6.07) is 15.0. The van der Waals surface area contributed by atoms with Gasteiger partial charge in [-0.1, -0.05) is 41.4 Å². The largest absolute Gasteiger partial charge is 0.369 e. The molecule has 0 unspecified atom stereocenters. The minimum atomic E-state index is -0.243. The number of hydrogen-bond acceptors (Lipinski definition) is 5. The maximum atomic E-state index is 12.7. The van der Waals surface area contributed by atoms with E-state index in [1.54, 1.807) is 18.2 Å². The van der Waals surface area contributed by atoms with Gasteiger partial charge in [0, 0.05) is 41.9 Å². The number of halogens is 2. The number of amides is 2. The van der Waals surface area contributed by atoms with E-state index in [0.29, 0.717) is 16.6 Å². The van der Waals surface area contributed by atoms with Crippen LogP contribution in [0.2, 0.25) is 10.0 Å². The fourth-order valence-electron chi connectivity index (χ4n) is 3.35. The molecule has 0 bridgehead atoms. The summed E-state index contributed by atoms with van der Waals surface area (Å²) >= 11 is 13.0. The third-order valence-electron chi connectivity index (χ3n) is 4.93. The standard InChI is InChI=1S/C21H19Cl2N3O2S/c22-16-6-4-15(5-7-16)12-19-20(27)26(21(28)29-19)14-24-8-10-25(11-9-24)18-3-1-2-17(23)13-18/h1-7,12-13H,8-11,14H2. The lowest BCUT2D eigenvalue weighted by molar-refractivity contribution is -0.124. The quantitative estimate of drug-likeness (QED) is 0.629. The van der Waals surface area contributed by atoms with Gasteiger partial charge in [0.05, 0.1) is 11.6 Å². The van der Waals surface area contributed by atoms with E-state index in [0.717, 1.165) is 54.2 Å². The highest BCUT2D eigenvalue weighted by Gasteiger charge is 2.36. The van der Waals surface area contributed by atoms with Gasteiger partial charge >= 0.3 is 0 Å². The van der Waals surface area contributed by atoms with E-state index in [-0.39, 0.29) is 11.1 Å². The van der Waals surface area contributed by atoms with Crippen LogP contribution >= 0.6 is 35.0 Å². The highest BCUT2D eigenvalue weighted by atomic mass is 35.5. The van der Waals surface area contributed by atoms with E-state index in [2.05, 4.69) is 9.80 Å². The second-order valence-electron chi connectivity index (χ2n) is 6.89. The summed E-state index contributed by atoms with van der Waals surface area (Å²) < 4.78 is 0. The molecule has 2 aliphatic rings. The van der Waals surface area contributed by atoms with Gasteiger partial charge in [-0.05, 0) is 53.7 Å². The van der Waals surface area contributed by atoms with Gasteiger partial charge in [0.25, 0.3) is 11.1 Å².